The van der Waals surface area contributed by atoms with Gasteiger partial charge < -0.3 is 10.6 Å². The number of amides is 2. The van der Waals surface area contributed by atoms with E-state index in [1.165, 1.54) is 0 Å². The number of carbonyl (C=O) groups excluding carboxylic acids is 2. The Balaban J connectivity index is 1.78. The van der Waals surface area contributed by atoms with E-state index < -0.39 is 6.04 Å². The first-order chi connectivity index (χ1) is 14.8. The number of nitrogens with zero attached hydrogens (tertiary/aromatic N) is 2. The standard InChI is InChI=1S/C24H25BrN4O2/c1-16-9-10-17(2)20(13-16)27-24(31)23(18-7-5-4-6-8-18)29(3)15-22(30)28-21-12-11-19(25)14-26-21/h4-14,23H,15H2,1-3H3,(H,27,31)(H,26,28,30). The largest absolute Gasteiger partial charge is 0.324 e. The highest BCUT2D eigenvalue weighted by molar-refractivity contribution is 9.10. The molecular weight excluding hydrogens is 456 g/mol. The second-order valence-corrected chi connectivity index (χ2v) is 8.36. The van der Waals surface area contributed by atoms with E-state index in [4.69, 9.17) is 0 Å². The summed E-state index contributed by atoms with van der Waals surface area (Å²) in [5, 5.41) is 5.80. The third-order valence-corrected chi connectivity index (χ3v) is 5.31. The lowest BCUT2D eigenvalue weighted by molar-refractivity contribution is -0.123. The highest BCUT2D eigenvalue weighted by Crippen LogP contribution is 2.24. The van der Waals surface area contributed by atoms with Crippen LogP contribution in [0.4, 0.5) is 11.5 Å². The Hall–Kier alpha value is -3.03. The summed E-state index contributed by atoms with van der Waals surface area (Å²) in [7, 11) is 1.76. The zero-order chi connectivity index (χ0) is 22.4. The Bertz CT molecular complexity index is 1050. The van der Waals surface area contributed by atoms with Crippen LogP contribution in [0.3, 0.4) is 0 Å². The van der Waals surface area contributed by atoms with Crippen molar-refractivity contribution in [3.8, 4) is 0 Å². The van der Waals surface area contributed by atoms with Gasteiger partial charge in [-0.3, -0.25) is 14.5 Å². The summed E-state index contributed by atoms with van der Waals surface area (Å²) in [6, 6.07) is 18.2. The summed E-state index contributed by atoms with van der Waals surface area (Å²) in [6.07, 6.45) is 1.61. The first kappa shape index (κ1) is 22.7. The van der Waals surface area contributed by atoms with Crippen molar-refractivity contribution < 1.29 is 9.59 Å². The summed E-state index contributed by atoms with van der Waals surface area (Å²) in [5.41, 5.74) is 3.62. The van der Waals surface area contributed by atoms with Crippen molar-refractivity contribution in [3.05, 3.63) is 88.0 Å². The van der Waals surface area contributed by atoms with Gasteiger partial charge in [-0.25, -0.2) is 4.98 Å². The van der Waals surface area contributed by atoms with Crippen LogP contribution in [0, 0.1) is 13.8 Å². The molecule has 1 heterocycles. The van der Waals surface area contributed by atoms with E-state index in [0.717, 1.165) is 26.9 Å². The van der Waals surface area contributed by atoms with Crippen LogP contribution < -0.4 is 10.6 Å². The van der Waals surface area contributed by atoms with Crippen LogP contribution in [0.1, 0.15) is 22.7 Å². The van der Waals surface area contributed by atoms with E-state index in [-0.39, 0.29) is 18.4 Å². The third kappa shape index (κ3) is 6.23. The van der Waals surface area contributed by atoms with Gasteiger partial charge in [-0.05, 0) is 71.7 Å². The van der Waals surface area contributed by atoms with Gasteiger partial charge in [0.25, 0.3) is 0 Å². The average molecular weight is 481 g/mol. The number of hydrogen-bond acceptors (Lipinski definition) is 4. The van der Waals surface area contributed by atoms with Crippen LogP contribution in [-0.4, -0.2) is 35.3 Å². The molecule has 2 amide bonds. The smallest absolute Gasteiger partial charge is 0.246 e. The van der Waals surface area contributed by atoms with Crippen LogP contribution in [0.25, 0.3) is 0 Å². The van der Waals surface area contributed by atoms with E-state index in [9.17, 15) is 9.59 Å². The molecule has 7 heteroatoms. The zero-order valence-electron chi connectivity index (χ0n) is 17.7. The minimum Gasteiger partial charge on any atom is -0.324 e. The number of nitrogens with one attached hydrogen (secondary N) is 2. The van der Waals surface area contributed by atoms with Gasteiger partial charge >= 0.3 is 0 Å². The van der Waals surface area contributed by atoms with E-state index in [0.29, 0.717) is 5.82 Å². The Morgan fingerprint density at radius 1 is 1.03 bits per heavy atom. The van der Waals surface area contributed by atoms with Crippen molar-refractivity contribution in [1.29, 1.82) is 0 Å². The number of halogens is 1. The fourth-order valence-corrected chi connectivity index (χ4v) is 3.50. The van der Waals surface area contributed by atoms with Crippen LogP contribution in [-0.2, 0) is 9.59 Å². The molecule has 0 aliphatic heterocycles. The molecule has 0 spiro atoms. The fourth-order valence-electron chi connectivity index (χ4n) is 3.26. The van der Waals surface area contributed by atoms with E-state index in [2.05, 4.69) is 31.5 Å². The fraction of sp³-hybridized carbons (Fsp3) is 0.208. The molecular formula is C24H25BrN4O2. The Morgan fingerprint density at radius 2 is 1.77 bits per heavy atom. The highest BCUT2D eigenvalue weighted by atomic mass is 79.9. The van der Waals surface area contributed by atoms with Gasteiger partial charge in [0, 0.05) is 16.4 Å². The predicted molar refractivity (Wildman–Crippen MR) is 127 cm³/mol. The zero-order valence-corrected chi connectivity index (χ0v) is 19.3. The van der Waals surface area contributed by atoms with Gasteiger partial charge in [-0.15, -0.1) is 0 Å². The van der Waals surface area contributed by atoms with Crippen molar-refractivity contribution in [1.82, 2.24) is 9.88 Å². The molecule has 0 saturated carbocycles. The summed E-state index contributed by atoms with van der Waals surface area (Å²) in [6.45, 7) is 3.96. The van der Waals surface area contributed by atoms with Gasteiger partial charge in [-0.1, -0.05) is 42.5 Å². The van der Waals surface area contributed by atoms with Gasteiger partial charge in [0.2, 0.25) is 11.8 Å². The molecule has 0 aliphatic carbocycles. The molecule has 6 nitrogen and oxygen atoms in total. The molecule has 1 aromatic heterocycles. The van der Waals surface area contributed by atoms with Gasteiger partial charge in [0.15, 0.2) is 0 Å². The molecule has 2 aromatic carbocycles. The lowest BCUT2D eigenvalue weighted by Gasteiger charge is -2.27. The van der Waals surface area contributed by atoms with Crippen LogP contribution in [0.15, 0.2) is 71.3 Å². The number of pyridine rings is 1. The summed E-state index contributed by atoms with van der Waals surface area (Å²) < 4.78 is 0.829. The molecule has 0 bridgehead atoms. The summed E-state index contributed by atoms with van der Waals surface area (Å²) >= 11 is 3.32. The maximum Gasteiger partial charge on any atom is 0.246 e. The first-order valence-electron chi connectivity index (χ1n) is 9.88. The Kier molecular flexibility index (Phi) is 7.55. The predicted octanol–water partition coefficient (Wildman–Crippen LogP) is 4.71. The normalized spacial score (nSPS) is 11.8. The lowest BCUT2D eigenvalue weighted by atomic mass is 10.0. The van der Waals surface area contributed by atoms with Crippen molar-refractivity contribution >= 4 is 39.2 Å². The summed E-state index contributed by atoms with van der Waals surface area (Å²) in [4.78, 5) is 31.8. The number of aromatic nitrogens is 1. The van der Waals surface area contributed by atoms with Gasteiger partial charge in [0.05, 0.1) is 6.54 Å². The van der Waals surface area contributed by atoms with Gasteiger partial charge in [0.1, 0.15) is 11.9 Å². The molecule has 3 aromatic rings. The van der Waals surface area contributed by atoms with Crippen molar-refractivity contribution in [2.45, 2.75) is 19.9 Å². The van der Waals surface area contributed by atoms with E-state index in [1.807, 2.05) is 62.4 Å². The molecule has 0 fully saturated rings. The Morgan fingerprint density at radius 3 is 2.45 bits per heavy atom. The van der Waals surface area contributed by atoms with Gasteiger partial charge in [-0.2, -0.15) is 0 Å². The number of rotatable bonds is 7. The Labute approximate surface area is 190 Å². The molecule has 1 atom stereocenters. The number of hydrogen-bond donors (Lipinski definition) is 2. The molecule has 0 radical (unpaired) electrons. The minimum atomic E-state index is -0.635. The molecule has 2 N–H and O–H groups in total. The first-order valence-corrected chi connectivity index (χ1v) is 10.7. The van der Waals surface area contributed by atoms with Crippen molar-refractivity contribution in [2.75, 3.05) is 24.2 Å². The maximum atomic E-state index is 13.3. The lowest BCUT2D eigenvalue weighted by Crippen LogP contribution is -2.39. The number of carbonyl (C=O) groups is 2. The number of anilines is 2. The van der Waals surface area contributed by atoms with Crippen LogP contribution >= 0.6 is 15.9 Å². The van der Waals surface area contributed by atoms with E-state index in [1.54, 1.807) is 30.3 Å². The van der Waals surface area contributed by atoms with Crippen molar-refractivity contribution in [3.63, 3.8) is 0 Å². The quantitative estimate of drug-likeness (QED) is 0.513. The average Bonchev–Trinajstić information content (AvgIpc) is 2.73. The molecule has 1 unspecified atom stereocenters. The molecule has 3 rings (SSSR count). The summed E-state index contributed by atoms with van der Waals surface area (Å²) in [5.74, 6) is 0.00690. The second kappa shape index (κ2) is 10.3. The minimum absolute atomic E-state index is 0.0253. The van der Waals surface area contributed by atoms with Crippen LogP contribution in [0.2, 0.25) is 0 Å². The highest BCUT2D eigenvalue weighted by Gasteiger charge is 2.27. The molecule has 0 saturated heterocycles. The van der Waals surface area contributed by atoms with Crippen molar-refractivity contribution in [2.24, 2.45) is 0 Å². The third-order valence-electron chi connectivity index (χ3n) is 4.84. The number of aryl methyl sites for hydroxylation is 2. The monoisotopic (exact) mass is 480 g/mol. The van der Waals surface area contributed by atoms with E-state index >= 15 is 0 Å². The maximum absolute atomic E-state index is 13.3. The van der Waals surface area contributed by atoms with Crippen LogP contribution in [0.5, 0.6) is 0 Å². The molecule has 31 heavy (non-hydrogen) atoms. The SMILES string of the molecule is Cc1ccc(C)c(NC(=O)C(c2ccccc2)N(C)CC(=O)Nc2ccc(Br)cn2)c1. The molecule has 0 aliphatic rings. The second-order valence-electron chi connectivity index (χ2n) is 7.45. The number of likely N-dealkylation sites (N-methyl/N-ethyl adjacent to an activating group) is 1. The molecule has 160 valence electrons. The topological polar surface area (TPSA) is 74.3 Å². The number of benzene rings is 2.